The first kappa shape index (κ1) is 15.5. The van der Waals surface area contributed by atoms with Crippen molar-refractivity contribution in [3.8, 4) is 0 Å². The van der Waals surface area contributed by atoms with Gasteiger partial charge in [0.25, 0.3) is 0 Å². The lowest BCUT2D eigenvalue weighted by Gasteiger charge is -2.26. The quantitative estimate of drug-likeness (QED) is 0.793. The molecule has 2 N–H and O–H groups in total. The standard InChI is InChI=1S/C15H29NO2/c1-11(9-12-7-5-6-8-12)14(18)16-10-13(17)15(2,3)4/h11-13,17H,5-10H2,1-4H3,(H,16,18). The molecule has 1 fully saturated rings. The van der Waals surface area contributed by atoms with E-state index in [1.807, 2.05) is 27.7 Å². The summed E-state index contributed by atoms with van der Waals surface area (Å²) in [6, 6.07) is 0. The highest BCUT2D eigenvalue weighted by molar-refractivity contribution is 5.78. The van der Waals surface area contributed by atoms with Crippen LogP contribution in [-0.2, 0) is 4.79 Å². The van der Waals surface area contributed by atoms with E-state index in [1.54, 1.807) is 0 Å². The van der Waals surface area contributed by atoms with Crippen molar-refractivity contribution in [2.45, 2.75) is 65.9 Å². The summed E-state index contributed by atoms with van der Waals surface area (Å²) in [5.74, 6) is 0.892. The molecule has 0 aromatic carbocycles. The van der Waals surface area contributed by atoms with Crippen LogP contribution in [0.15, 0.2) is 0 Å². The van der Waals surface area contributed by atoms with Crippen molar-refractivity contribution in [2.75, 3.05) is 6.54 Å². The molecule has 1 rings (SSSR count). The van der Waals surface area contributed by atoms with Gasteiger partial charge in [0.05, 0.1) is 6.10 Å². The first-order valence-corrected chi connectivity index (χ1v) is 7.26. The lowest BCUT2D eigenvalue weighted by atomic mass is 9.89. The van der Waals surface area contributed by atoms with E-state index in [0.29, 0.717) is 6.54 Å². The second-order valence-electron chi connectivity index (χ2n) is 6.91. The van der Waals surface area contributed by atoms with E-state index in [1.165, 1.54) is 25.7 Å². The molecule has 0 aromatic heterocycles. The average molecular weight is 255 g/mol. The monoisotopic (exact) mass is 255 g/mol. The largest absolute Gasteiger partial charge is 0.391 e. The molecule has 0 heterocycles. The molecular formula is C15H29NO2. The highest BCUT2D eigenvalue weighted by Gasteiger charge is 2.25. The summed E-state index contributed by atoms with van der Waals surface area (Å²) in [5, 5.41) is 12.8. The third-order valence-electron chi connectivity index (χ3n) is 4.08. The van der Waals surface area contributed by atoms with Crippen molar-refractivity contribution in [1.82, 2.24) is 5.32 Å². The summed E-state index contributed by atoms with van der Waals surface area (Å²) in [6.45, 7) is 8.29. The Hall–Kier alpha value is -0.570. The predicted octanol–water partition coefficient (Wildman–Crippen LogP) is 2.73. The number of aliphatic hydroxyl groups is 1. The van der Waals surface area contributed by atoms with Crippen LogP contribution in [0.5, 0.6) is 0 Å². The fourth-order valence-electron chi connectivity index (χ4n) is 2.53. The van der Waals surface area contributed by atoms with Gasteiger partial charge in [0.2, 0.25) is 5.91 Å². The fraction of sp³-hybridized carbons (Fsp3) is 0.933. The van der Waals surface area contributed by atoms with Crippen molar-refractivity contribution in [3.05, 3.63) is 0 Å². The van der Waals surface area contributed by atoms with Crippen LogP contribution < -0.4 is 5.32 Å². The average Bonchev–Trinajstić information content (AvgIpc) is 2.76. The number of amides is 1. The number of hydrogen-bond donors (Lipinski definition) is 2. The third kappa shape index (κ3) is 4.97. The zero-order valence-corrected chi connectivity index (χ0v) is 12.3. The highest BCUT2D eigenvalue weighted by Crippen LogP contribution is 2.30. The molecule has 1 amide bonds. The third-order valence-corrected chi connectivity index (χ3v) is 4.08. The zero-order chi connectivity index (χ0) is 13.8. The molecule has 106 valence electrons. The van der Waals surface area contributed by atoms with Crippen LogP contribution in [0, 0.1) is 17.3 Å². The van der Waals surface area contributed by atoms with Crippen LogP contribution in [0.3, 0.4) is 0 Å². The smallest absolute Gasteiger partial charge is 0.222 e. The lowest BCUT2D eigenvalue weighted by Crippen LogP contribution is -2.41. The maximum absolute atomic E-state index is 11.9. The van der Waals surface area contributed by atoms with Gasteiger partial charge in [-0.15, -0.1) is 0 Å². The summed E-state index contributed by atoms with van der Waals surface area (Å²) in [7, 11) is 0. The first-order valence-electron chi connectivity index (χ1n) is 7.26. The number of carbonyl (C=O) groups excluding carboxylic acids is 1. The van der Waals surface area contributed by atoms with E-state index in [9.17, 15) is 9.90 Å². The van der Waals surface area contributed by atoms with Gasteiger partial charge >= 0.3 is 0 Å². The molecule has 0 spiro atoms. The van der Waals surface area contributed by atoms with Crippen LogP contribution in [0.4, 0.5) is 0 Å². The second kappa shape index (κ2) is 6.55. The second-order valence-corrected chi connectivity index (χ2v) is 6.91. The molecule has 18 heavy (non-hydrogen) atoms. The van der Waals surface area contributed by atoms with Crippen molar-refractivity contribution in [2.24, 2.45) is 17.3 Å². The molecule has 3 heteroatoms. The molecule has 1 saturated carbocycles. The van der Waals surface area contributed by atoms with E-state index in [4.69, 9.17) is 0 Å². The minimum absolute atomic E-state index is 0.0697. The van der Waals surface area contributed by atoms with Gasteiger partial charge in [0.15, 0.2) is 0 Å². The minimum atomic E-state index is -0.486. The number of rotatable bonds is 5. The molecular weight excluding hydrogens is 226 g/mol. The van der Waals surface area contributed by atoms with Gasteiger partial charge in [-0.25, -0.2) is 0 Å². The van der Waals surface area contributed by atoms with Crippen molar-refractivity contribution < 1.29 is 9.90 Å². The van der Waals surface area contributed by atoms with Gasteiger partial charge in [-0.05, 0) is 17.8 Å². The topological polar surface area (TPSA) is 49.3 Å². The van der Waals surface area contributed by atoms with Gasteiger partial charge in [-0.3, -0.25) is 4.79 Å². The van der Waals surface area contributed by atoms with E-state index in [-0.39, 0.29) is 17.2 Å². The molecule has 0 radical (unpaired) electrons. The summed E-state index contributed by atoms with van der Waals surface area (Å²) in [6.07, 6.45) is 5.71. The molecule has 3 nitrogen and oxygen atoms in total. The number of nitrogens with one attached hydrogen (secondary N) is 1. The Morgan fingerprint density at radius 2 is 1.89 bits per heavy atom. The van der Waals surface area contributed by atoms with Gasteiger partial charge in [-0.2, -0.15) is 0 Å². The minimum Gasteiger partial charge on any atom is -0.391 e. The molecule has 1 aliphatic rings. The Morgan fingerprint density at radius 1 is 1.33 bits per heavy atom. The van der Waals surface area contributed by atoms with Crippen LogP contribution in [-0.4, -0.2) is 23.7 Å². The first-order chi connectivity index (χ1) is 8.30. The Bertz CT molecular complexity index is 264. The van der Waals surface area contributed by atoms with Gasteiger partial charge in [0.1, 0.15) is 0 Å². The van der Waals surface area contributed by atoms with E-state index in [2.05, 4.69) is 5.32 Å². The van der Waals surface area contributed by atoms with Crippen LogP contribution >= 0.6 is 0 Å². The predicted molar refractivity (Wildman–Crippen MR) is 74.2 cm³/mol. The Labute approximate surface area is 111 Å². The van der Waals surface area contributed by atoms with Crippen molar-refractivity contribution in [1.29, 1.82) is 0 Å². The van der Waals surface area contributed by atoms with E-state index < -0.39 is 6.10 Å². The molecule has 2 atom stereocenters. The van der Waals surface area contributed by atoms with Crippen LogP contribution in [0.1, 0.15) is 59.8 Å². The Kier molecular flexibility index (Phi) is 5.64. The maximum Gasteiger partial charge on any atom is 0.222 e. The van der Waals surface area contributed by atoms with Gasteiger partial charge in [0, 0.05) is 12.5 Å². The van der Waals surface area contributed by atoms with Crippen molar-refractivity contribution >= 4 is 5.91 Å². The van der Waals surface area contributed by atoms with Crippen molar-refractivity contribution in [3.63, 3.8) is 0 Å². The Morgan fingerprint density at radius 3 is 2.39 bits per heavy atom. The molecule has 1 aliphatic carbocycles. The molecule has 0 aliphatic heterocycles. The summed E-state index contributed by atoms with van der Waals surface area (Å²) < 4.78 is 0. The number of hydrogen-bond acceptors (Lipinski definition) is 2. The van der Waals surface area contributed by atoms with E-state index in [0.717, 1.165) is 12.3 Å². The Balaban J connectivity index is 2.27. The number of carbonyl (C=O) groups is 1. The molecule has 0 aromatic rings. The summed E-state index contributed by atoms with van der Waals surface area (Å²) in [4.78, 5) is 11.9. The fourth-order valence-corrected chi connectivity index (χ4v) is 2.53. The summed E-state index contributed by atoms with van der Waals surface area (Å²) in [5.41, 5.74) is -0.179. The lowest BCUT2D eigenvalue weighted by molar-refractivity contribution is -0.125. The number of aliphatic hydroxyl groups excluding tert-OH is 1. The van der Waals surface area contributed by atoms with Gasteiger partial charge < -0.3 is 10.4 Å². The zero-order valence-electron chi connectivity index (χ0n) is 12.3. The molecule has 0 saturated heterocycles. The molecule has 2 unspecified atom stereocenters. The highest BCUT2D eigenvalue weighted by atomic mass is 16.3. The summed E-state index contributed by atoms with van der Waals surface area (Å²) >= 11 is 0. The SMILES string of the molecule is CC(CC1CCCC1)C(=O)NCC(O)C(C)(C)C. The van der Waals surface area contributed by atoms with Gasteiger partial charge in [-0.1, -0.05) is 53.4 Å². The van der Waals surface area contributed by atoms with Crippen LogP contribution in [0.25, 0.3) is 0 Å². The normalized spacial score (nSPS) is 20.7. The van der Waals surface area contributed by atoms with Crippen LogP contribution in [0.2, 0.25) is 0 Å². The van der Waals surface area contributed by atoms with E-state index >= 15 is 0 Å². The molecule has 0 bridgehead atoms. The maximum atomic E-state index is 11.9.